The molecule has 0 N–H and O–H groups in total. The molecule has 2 nitrogen and oxygen atoms in total. The lowest BCUT2D eigenvalue weighted by atomic mass is 9.84. The van der Waals surface area contributed by atoms with Gasteiger partial charge in [0.25, 0.3) is 0 Å². The van der Waals surface area contributed by atoms with E-state index in [0.717, 1.165) is 0 Å². The summed E-state index contributed by atoms with van der Waals surface area (Å²) in [5.74, 6) is 0.506. The summed E-state index contributed by atoms with van der Waals surface area (Å²) in [6.45, 7) is 2.18. The first-order valence-electron chi connectivity index (χ1n) is 6.04. The number of esters is 1. The molecule has 0 aliphatic heterocycles. The number of ether oxygens (including phenoxy) is 1. The number of methoxy groups -OCH3 is 1. The quantitative estimate of drug-likeness (QED) is 0.543. The number of carbonyl (C=O) groups excluding carboxylic acids is 1. The van der Waals surface area contributed by atoms with Gasteiger partial charge in [0.1, 0.15) is 0 Å². The zero-order chi connectivity index (χ0) is 11.8. The highest BCUT2D eigenvalue weighted by atomic mass is 16.5. The Kier molecular flexibility index (Phi) is 1.38. The topological polar surface area (TPSA) is 26.3 Å². The summed E-state index contributed by atoms with van der Waals surface area (Å²) in [6, 6.07) is 8.42. The van der Waals surface area contributed by atoms with Crippen LogP contribution in [0.25, 0.3) is 0 Å². The molecule has 3 aliphatic rings. The first-order valence-corrected chi connectivity index (χ1v) is 6.04. The number of benzene rings is 1. The molecular formula is C15H14O2. The lowest BCUT2D eigenvalue weighted by Gasteiger charge is -2.19. The van der Waals surface area contributed by atoms with Crippen molar-refractivity contribution >= 4 is 5.97 Å². The number of hydrogen-bond donors (Lipinski definition) is 0. The molecule has 0 radical (unpaired) electrons. The standard InChI is InChI=1S/C15H14O2/c1-14-8-7-11-9-5-3-4-6-10(9)12(14)15(11,14)13(16)17-2/h3-8,11-12H,1-2H3/t11?,12-,14+,15-/m1/s1. The van der Waals surface area contributed by atoms with E-state index in [9.17, 15) is 4.79 Å². The summed E-state index contributed by atoms with van der Waals surface area (Å²) in [6.07, 6.45) is 4.42. The van der Waals surface area contributed by atoms with Gasteiger partial charge in [0.05, 0.1) is 12.5 Å². The molecule has 4 rings (SSSR count). The van der Waals surface area contributed by atoms with E-state index in [1.807, 2.05) is 0 Å². The van der Waals surface area contributed by atoms with Crippen molar-refractivity contribution in [1.29, 1.82) is 0 Å². The van der Waals surface area contributed by atoms with Crippen LogP contribution in [0.5, 0.6) is 0 Å². The number of allylic oxidation sites excluding steroid dienone is 2. The summed E-state index contributed by atoms with van der Waals surface area (Å²) >= 11 is 0. The van der Waals surface area contributed by atoms with Gasteiger partial charge in [0.15, 0.2) is 0 Å². The Labute approximate surface area is 100 Å². The van der Waals surface area contributed by atoms with Gasteiger partial charge in [-0.25, -0.2) is 0 Å². The second-order valence-electron chi connectivity index (χ2n) is 5.54. The van der Waals surface area contributed by atoms with Crippen LogP contribution in [0.2, 0.25) is 0 Å². The summed E-state index contributed by atoms with van der Waals surface area (Å²) in [5, 5.41) is 0. The zero-order valence-corrected chi connectivity index (χ0v) is 9.94. The zero-order valence-electron chi connectivity index (χ0n) is 9.94. The molecule has 0 heterocycles. The average molecular weight is 226 g/mol. The fourth-order valence-corrected chi connectivity index (χ4v) is 4.47. The Morgan fingerprint density at radius 3 is 2.71 bits per heavy atom. The minimum Gasteiger partial charge on any atom is -0.469 e. The normalized spacial score (nSPS) is 43.2. The van der Waals surface area contributed by atoms with Crippen molar-refractivity contribution < 1.29 is 9.53 Å². The minimum absolute atomic E-state index is 0.0148. The van der Waals surface area contributed by atoms with Gasteiger partial charge in [-0.3, -0.25) is 4.79 Å². The lowest BCUT2D eigenvalue weighted by molar-refractivity contribution is -0.148. The Morgan fingerprint density at radius 2 is 2.00 bits per heavy atom. The smallest absolute Gasteiger partial charge is 0.314 e. The average Bonchev–Trinajstić information content (AvgIpc) is 2.64. The van der Waals surface area contributed by atoms with Crippen LogP contribution in [0.4, 0.5) is 0 Å². The monoisotopic (exact) mass is 226 g/mol. The molecule has 0 amide bonds. The first-order chi connectivity index (χ1) is 8.18. The van der Waals surface area contributed by atoms with Gasteiger partial charge >= 0.3 is 5.97 Å². The highest BCUT2D eigenvalue weighted by Crippen LogP contribution is 2.87. The Balaban J connectivity index is 1.98. The van der Waals surface area contributed by atoms with Gasteiger partial charge in [-0.2, -0.15) is 0 Å². The van der Waals surface area contributed by atoms with Crippen LogP contribution in [-0.4, -0.2) is 13.1 Å². The molecule has 1 saturated carbocycles. The van der Waals surface area contributed by atoms with Crippen molar-refractivity contribution in [3.05, 3.63) is 47.5 Å². The number of rotatable bonds is 1. The minimum atomic E-state index is -0.328. The second kappa shape index (κ2) is 2.47. The maximum Gasteiger partial charge on any atom is 0.314 e. The third-order valence-electron chi connectivity index (χ3n) is 5.15. The van der Waals surface area contributed by atoms with E-state index in [-0.39, 0.29) is 22.7 Å². The van der Waals surface area contributed by atoms with E-state index >= 15 is 0 Å². The highest BCUT2D eigenvalue weighted by Gasteiger charge is 2.85. The van der Waals surface area contributed by atoms with Crippen molar-refractivity contribution in [2.75, 3.05) is 7.11 Å². The summed E-state index contributed by atoms with van der Waals surface area (Å²) in [4.78, 5) is 12.2. The van der Waals surface area contributed by atoms with E-state index < -0.39 is 0 Å². The number of carbonyl (C=O) groups is 1. The molecule has 1 aromatic carbocycles. The van der Waals surface area contributed by atoms with Gasteiger partial charge in [0, 0.05) is 17.3 Å². The van der Waals surface area contributed by atoms with Gasteiger partial charge in [-0.15, -0.1) is 0 Å². The molecule has 1 unspecified atom stereocenters. The fraction of sp³-hybridized carbons (Fsp3) is 0.400. The first kappa shape index (κ1) is 9.46. The SMILES string of the molecule is COC(=O)[C@]12C3C=C[C@@]1(C)[C@H]2c1ccccc13. The van der Waals surface area contributed by atoms with Gasteiger partial charge in [0.2, 0.25) is 0 Å². The van der Waals surface area contributed by atoms with E-state index in [1.165, 1.54) is 18.2 Å². The number of hydrogen-bond acceptors (Lipinski definition) is 2. The van der Waals surface area contributed by atoms with Crippen LogP contribution in [0, 0.1) is 10.8 Å². The van der Waals surface area contributed by atoms with E-state index in [1.54, 1.807) is 0 Å². The molecule has 4 atom stereocenters. The third-order valence-corrected chi connectivity index (χ3v) is 5.15. The molecule has 0 aromatic heterocycles. The molecule has 2 heteroatoms. The van der Waals surface area contributed by atoms with Crippen molar-refractivity contribution in [1.82, 2.24) is 0 Å². The molecule has 3 aliphatic carbocycles. The molecule has 0 spiro atoms. The maximum atomic E-state index is 12.2. The Bertz CT molecular complexity index is 574. The molecule has 86 valence electrons. The molecule has 0 saturated heterocycles. The fourth-order valence-electron chi connectivity index (χ4n) is 4.47. The van der Waals surface area contributed by atoms with Crippen LogP contribution in [0.1, 0.15) is 29.9 Å². The van der Waals surface area contributed by atoms with E-state index in [2.05, 4.69) is 43.3 Å². The van der Waals surface area contributed by atoms with Crippen LogP contribution in [0.15, 0.2) is 36.4 Å². The molecule has 17 heavy (non-hydrogen) atoms. The third kappa shape index (κ3) is 0.700. The largest absolute Gasteiger partial charge is 0.469 e. The van der Waals surface area contributed by atoms with Crippen molar-refractivity contribution in [3.63, 3.8) is 0 Å². The van der Waals surface area contributed by atoms with Crippen LogP contribution in [-0.2, 0) is 9.53 Å². The van der Waals surface area contributed by atoms with Crippen molar-refractivity contribution in [2.24, 2.45) is 10.8 Å². The van der Waals surface area contributed by atoms with Crippen LogP contribution < -0.4 is 0 Å². The second-order valence-corrected chi connectivity index (χ2v) is 5.54. The molecule has 1 fully saturated rings. The highest BCUT2D eigenvalue weighted by molar-refractivity contribution is 5.91. The summed E-state index contributed by atoms with van der Waals surface area (Å²) in [7, 11) is 1.50. The Hall–Kier alpha value is -1.57. The van der Waals surface area contributed by atoms with Gasteiger partial charge in [-0.1, -0.05) is 43.3 Å². The predicted molar refractivity (Wildman–Crippen MR) is 63.6 cm³/mol. The number of fused-ring (bicyclic) bond motifs is 4. The molecule has 0 bridgehead atoms. The summed E-state index contributed by atoms with van der Waals surface area (Å²) in [5.41, 5.74) is 2.31. The Morgan fingerprint density at radius 1 is 1.29 bits per heavy atom. The molecular weight excluding hydrogens is 212 g/mol. The van der Waals surface area contributed by atoms with Crippen molar-refractivity contribution in [3.8, 4) is 0 Å². The van der Waals surface area contributed by atoms with E-state index in [0.29, 0.717) is 5.92 Å². The predicted octanol–water partition coefficient (Wildman–Crippen LogP) is 2.62. The van der Waals surface area contributed by atoms with Crippen LogP contribution >= 0.6 is 0 Å². The summed E-state index contributed by atoms with van der Waals surface area (Å²) < 4.78 is 5.08. The van der Waals surface area contributed by atoms with E-state index in [4.69, 9.17) is 4.74 Å². The molecule has 1 aromatic rings. The maximum absolute atomic E-state index is 12.2. The van der Waals surface area contributed by atoms with Crippen molar-refractivity contribution in [2.45, 2.75) is 18.8 Å². The lowest BCUT2D eigenvalue weighted by Crippen LogP contribution is -2.25. The van der Waals surface area contributed by atoms with Gasteiger partial charge < -0.3 is 4.74 Å². The van der Waals surface area contributed by atoms with Gasteiger partial charge in [-0.05, 0) is 11.1 Å². The van der Waals surface area contributed by atoms with Crippen LogP contribution in [0.3, 0.4) is 0 Å².